The van der Waals surface area contributed by atoms with Crippen molar-refractivity contribution in [1.82, 2.24) is 0 Å². The second-order valence-electron chi connectivity index (χ2n) is 7.12. The van der Waals surface area contributed by atoms with Crippen LogP contribution in [-0.4, -0.2) is 15.6 Å². The summed E-state index contributed by atoms with van der Waals surface area (Å²) >= 11 is 0. The molecule has 27 heavy (non-hydrogen) atoms. The Bertz CT molecular complexity index is 1060. The summed E-state index contributed by atoms with van der Waals surface area (Å²) in [6.45, 7) is 2.02. The average Bonchev–Trinajstić information content (AvgIpc) is 3.44. The van der Waals surface area contributed by atoms with Crippen LogP contribution in [0.2, 0.25) is 0 Å². The van der Waals surface area contributed by atoms with E-state index in [0.717, 1.165) is 16.7 Å². The highest BCUT2D eigenvalue weighted by Crippen LogP contribution is 2.62. The summed E-state index contributed by atoms with van der Waals surface area (Å²) in [7, 11) is -1.38. The third-order valence-corrected chi connectivity index (χ3v) is 7.27. The minimum absolute atomic E-state index is 0.0721. The van der Waals surface area contributed by atoms with E-state index in [4.69, 9.17) is 4.74 Å². The summed E-state index contributed by atoms with van der Waals surface area (Å²) in [4.78, 5) is 14.1. The van der Waals surface area contributed by atoms with Crippen LogP contribution in [0.4, 0.5) is 0 Å². The molecule has 1 unspecified atom stereocenters. The van der Waals surface area contributed by atoms with Crippen molar-refractivity contribution in [3.63, 3.8) is 0 Å². The van der Waals surface area contributed by atoms with Gasteiger partial charge < -0.3 is 4.74 Å². The lowest BCUT2D eigenvalue weighted by atomic mass is 9.84. The number of ketones is 1. The number of aryl methyl sites for hydroxylation is 1. The molecule has 3 aromatic carbocycles. The molecular formula is C23H18O3S. The van der Waals surface area contributed by atoms with Crippen LogP contribution in [0.5, 0.6) is 0 Å². The van der Waals surface area contributed by atoms with E-state index < -0.39 is 21.7 Å². The maximum absolute atomic E-state index is 13.5. The first-order chi connectivity index (χ1) is 13.1. The molecule has 0 aliphatic carbocycles. The van der Waals surface area contributed by atoms with E-state index in [9.17, 15) is 9.00 Å². The molecule has 3 nitrogen and oxygen atoms in total. The number of carbonyl (C=O) groups excluding carboxylic acids is 1. The smallest absolute Gasteiger partial charge is 0.200 e. The van der Waals surface area contributed by atoms with Gasteiger partial charge in [0.05, 0.1) is 15.7 Å². The van der Waals surface area contributed by atoms with Crippen molar-refractivity contribution in [2.75, 3.05) is 0 Å². The molecule has 4 atom stereocenters. The molecule has 3 aromatic rings. The zero-order valence-corrected chi connectivity index (χ0v) is 15.6. The third-order valence-electron chi connectivity index (χ3n) is 5.43. The lowest BCUT2D eigenvalue weighted by Crippen LogP contribution is -2.40. The van der Waals surface area contributed by atoms with Gasteiger partial charge in [-0.25, -0.2) is 0 Å². The highest BCUT2D eigenvalue weighted by atomic mass is 32.2. The Kier molecular flexibility index (Phi) is 3.67. The molecule has 2 aliphatic rings. The third kappa shape index (κ3) is 2.37. The number of ether oxygens (including phenoxy) is 1. The van der Waals surface area contributed by atoms with E-state index in [1.807, 2.05) is 73.7 Å². The number of hydrogen-bond acceptors (Lipinski definition) is 3. The summed E-state index contributed by atoms with van der Waals surface area (Å²) in [6, 6.07) is 24.8. The Morgan fingerprint density at radius 1 is 0.852 bits per heavy atom. The van der Waals surface area contributed by atoms with Crippen LogP contribution in [-0.2, 0) is 15.5 Å². The molecule has 5 rings (SSSR count). The Hall–Kier alpha value is -2.56. The van der Waals surface area contributed by atoms with Gasteiger partial charge in [0.15, 0.2) is 5.60 Å². The first kappa shape index (κ1) is 16.6. The molecule has 1 fully saturated rings. The first-order valence-corrected chi connectivity index (χ1v) is 10.2. The van der Waals surface area contributed by atoms with Crippen LogP contribution in [0.15, 0.2) is 83.8 Å². The lowest BCUT2D eigenvalue weighted by molar-refractivity contribution is 0.0859. The Morgan fingerprint density at radius 2 is 1.52 bits per heavy atom. The molecule has 2 aliphatic heterocycles. The minimum atomic E-state index is -1.38. The van der Waals surface area contributed by atoms with Crippen LogP contribution in [0.25, 0.3) is 0 Å². The van der Waals surface area contributed by atoms with Crippen molar-refractivity contribution in [2.24, 2.45) is 0 Å². The van der Waals surface area contributed by atoms with Crippen LogP contribution in [0.3, 0.4) is 0 Å². The predicted octanol–water partition coefficient (Wildman–Crippen LogP) is 4.55. The van der Waals surface area contributed by atoms with Crippen molar-refractivity contribution < 1.29 is 13.7 Å². The van der Waals surface area contributed by atoms with E-state index in [-0.39, 0.29) is 11.9 Å². The SMILES string of the molecule is Cc1ccc([C@H]2O[C@]23C(=O)c2ccccc2S(=O)[C@H]3c2ccccc2)cc1. The van der Waals surface area contributed by atoms with Crippen molar-refractivity contribution in [3.05, 3.63) is 101 Å². The number of benzene rings is 3. The van der Waals surface area contributed by atoms with E-state index in [1.54, 1.807) is 12.1 Å². The van der Waals surface area contributed by atoms with E-state index in [0.29, 0.717) is 10.5 Å². The molecule has 134 valence electrons. The number of carbonyl (C=O) groups is 1. The number of rotatable bonds is 2. The van der Waals surface area contributed by atoms with Crippen LogP contribution < -0.4 is 0 Å². The standard InChI is InChI=1S/C23H18O3S/c1-15-11-13-16(14-12-15)21-23(26-21)20(24)18-9-5-6-10-19(18)27(25)22(23)17-7-3-2-4-8-17/h2-14,21-22H,1H3/t21-,22+,23-,27?/m1/s1. The Labute approximate surface area is 160 Å². The zero-order chi connectivity index (χ0) is 18.6. The van der Waals surface area contributed by atoms with E-state index >= 15 is 0 Å². The highest BCUT2D eigenvalue weighted by molar-refractivity contribution is 7.85. The maximum atomic E-state index is 13.5. The number of Topliss-reactive ketones (excluding diaryl/α,β-unsaturated/α-hetero) is 1. The largest absolute Gasteiger partial charge is 0.350 e. The molecule has 0 bridgehead atoms. The molecule has 4 heteroatoms. The van der Waals surface area contributed by atoms with Crippen molar-refractivity contribution in [3.8, 4) is 0 Å². The van der Waals surface area contributed by atoms with Crippen LogP contribution in [0, 0.1) is 6.92 Å². The summed E-state index contributed by atoms with van der Waals surface area (Å²) < 4.78 is 19.7. The predicted molar refractivity (Wildman–Crippen MR) is 104 cm³/mol. The summed E-state index contributed by atoms with van der Waals surface area (Å²) in [5, 5.41) is -0.521. The van der Waals surface area contributed by atoms with Gasteiger partial charge in [0.2, 0.25) is 5.78 Å². The number of epoxide rings is 1. The maximum Gasteiger partial charge on any atom is 0.200 e. The number of hydrogen-bond donors (Lipinski definition) is 0. The molecular weight excluding hydrogens is 356 g/mol. The fraction of sp³-hybridized carbons (Fsp3) is 0.174. The Morgan fingerprint density at radius 3 is 2.26 bits per heavy atom. The molecule has 1 spiro atoms. The summed E-state index contributed by atoms with van der Waals surface area (Å²) in [5.74, 6) is -0.0721. The van der Waals surface area contributed by atoms with E-state index in [2.05, 4.69) is 0 Å². The molecule has 0 radical (unpaired) electrons. The minimum Gasteiger partial charge on any atom is -0.350 e. The fourth-order valence-electron chi connectivity index (χ4n) is 4.03. The normalized spacial score (nSPS) is 28.8. The lowest BCUT2D eigenvalue weighted by Gasteiger charge is -2.30. The molecule has 0 saturated carbocycles. The van der Waals surface area contributed by atoms with Gasteiger partial charge in [-0.1, -0.05) is 78.4 Å². The van der Waals surface area contributed by atoms with Crippen LogP contribution in [0.1, 0.15) is 38.4 Å². The number of fused-ring (bicyclic) bond motifs is 1. The van der Waals surface area contributed by atoms with E-state index in [1.165, 1.54) is 0 Å². The van der Waals surface area contributed by atoms with Gasteiger partial charge in [-0.3, -0.25) is 9.00 Å². The van der Waals surface area contributed by atoms with Gasteiger partial charge in [-0.05, 0) is 24.1 Å². The van der Waals surface area contributed by atoms with Gasteiger partial charge in [0.25, 0.3) is 0 Å². The average molecular weight is 374 g/mol. The fourth-order valence-corrected chi connectivity index (χ4v) is 5.89. The van der Waals surface area contributed by atoms with Gasteiger partial charge in [-0.2, -0.15) is 0 Å². The topological polar surface area (TPSA) is 46.7 Å². The van der Waals surface area contributed by atoms with Gasteiger partial charge >= 0.3 is 0 Å². The van der Waals surface area contributed by atoms with Crippen molar-refractivity contribution in [1.29, 1.82) is 0 Å². The summed E-state index contributed by atoms with van der Waals surface area (Å²) in [5.41, 5.74) is 2.38. The molecule has 0 aromatic heterocycles. The van der Waals surface area contributed by atoms with Crippen molar-refractivity contribution in [2.45, 2.75) is 28.8 Å². The van der Waals surface area contributed by atoms with Crippen LogP contribution >= 0.6 is 0 Å². The monoisotopic (exact) mass is 374 g/mol. The Balaban J connectivity index is 1.69. The molecule has 0 N–H and O–H groups in total. The second kappa shape index (κ2) is 5.98. The summed E-state index contributed by atoms with van der Waals surface area (Å²) in [6.07, 6.45) is -0.381. The second-order valence-corrected chi connectivity index (χ2v) is 8.62. The zero-order valence-electron chi connectivity index (χ0n) is 14.8. The molecule has 1 saturated heterocycles. The van der Waals surface area contributed by atoms with Crippen molar-refractivity contribution >= 4 is 16.6 Å². The molecule has 0 amide bonds. The quantitative estimate of drug-likeness (QED) is 0.618. The van der Waals surface area contributed by atoms with Gasteiger partial charge in [0.1, 0.15) is 11.4 Å². The van der Waals surface area contributed by atoms with Gasteiger partial charge in [0, 0.05) is 5.56 Å². The molecule has 2 heterocycles. The first-order valence-electron chi connectivity index (χ1n) is 8.96. The van der Waals surface area contributed by atoms with Gasteiger partial charge in [-0.15, -0.1) is 0 Å². The highest BCUT2D eigenvalue weighted by Gasteiger charge is 2.71.